The van der Waals surface area contributed by atoms with Crippen LogP contribution in [-0.2, 0) is 0 Å². The maximum Gasteiger partial charge on any atom is 0.151 e. The van der Waals surface area contributed by atoms with Gasteiger partial charge in [-0.1, -0.05) is 23.7 Å². The van der Waals surface area contributed by atoms with Gasteiger partial charge in [0.2, 0.25) is 0 Å². The number of halogens is 1. The quantitative estimate of drug-likeness (QED) is 0.701. The summed E-state index contributed by atoms with van der Waals surface area (Å²) in [5, 5.41) is 21.8. The van der Waals surface area contributed by atoms with Gasteiger partial charge in [-0.3, -0.25) is 0 Å². The SMILES string of the molecule is Oc1ccc2ccc(O)c(C=Nc3ccc(Cl)cn3)c2c1. The Morgan fingerprint density at radius 3 is 2.62 bits per heavy atom. The molecule has 3 aromatic rings. The van der Waals surface area contributed by atoms with Gasteiger partial charge in [0, 0.05) is 18.0 Å². The van der Waals surface area contributed by atoms with E-state index in [-0.39, 0.29) is 11.5 Å². The lowest BCUT2D eigenvalue weighted by atomic mass is 10.0. The number of fused-ring (bicyclic) bond motifs is 1. The van der Waals surface area contributed by atoms with E-state index in [1.54, 1.807) is 42.5 Å². The number of benzene rings is 2. The van der Waals surface area contributed by atoms with Crippen LogP contribution in [0.4, 0.5) is 5.82 Å². The Morgan fingerprint density at radius 1 is 1.05 bits per heavy atom. The van der Waals surface area contributed by atoms with Crippen LogP contribution in [0.25, 0.3) is 10.8 Å². The summed E-state index contributed by atoms with van der Waals surface area (Å²) in [5.74, 6) is 0.703. The molecule has 0 spiro atoms. The summed E-state index contributed by atoms with van der Waals surface area (Å²) in [6.07, 6.45) is 3.02. The minimum absolute atomic E-state index is 0.0887. The Kier molecular flexibility index (Phi) is 3.46. The fourth-order valence-corrected chi connectivity index (χ4v) is 2.14. The van der Waals surface area contributed by atoms with Crippen molar-refractivity contribution in [3.05, 3.63) is 59.2 Å². The van der Waals surface area contributed by atoms with E-state index in [1.807, 2.05) is 0 Å². The van der Waals surface area contributed by atoms with E-state index in [0.717, 1.165) is 5.39 Å². The van der Waals surface area contributed by atoms with Gasteiger partial charge in [0.1, 0.15) is 11.5 Å². The predicted molar refractivity (Wildman–Crippen MR) is 83.8 cm³/mol. The van der Waals surface area contributed by atoms with Crippen molar-refractivity contribution < 1.29 is 10.2 Å². The number of hydrogen-bond acceptors (Lipinski definition) is 4. The monoisotopic (exact) mass is 298 g/mol. The number of phenols is 2. The molecule has 21 heavy (non-hydrogen) atoms. The molecule has 1 heterocycles. The number of rotatable bonds is 2. The van der Waals surface area contributed by atoms with Crippen molar-refractivity contribution in [2.75, 3.05) is 0 Å². The summed E-state index contributed by atoms with van der Waals surface area (Å²) < 4.78 is 0. The molecule has 0 atom stereocenters. The third-order valence-electron chi connectivity index (χ3n) is 3.06. The average molecular weight is 299 g/mol. The molecule has 0 unspecified atom stereocenters. The van der Waals surface area contributed by atoms with E-state index in [0.29, 0.717) is 21.8 Å². The van der Waals surface area contributed by atoms with Gasteiger partial charge in [0.25, 0.3) is 0 Å². The summed E-state index contributed by atoms with van der Waals surface area (Å²) in [6, 6.07) is 11.7. The number of aromatic hydroxyl groups is 2. The minimum Gasteiger partial charge on any atom is -0.508 e. The number of hydrogen-bond donors (Lipinski definition) is 2. The molecule has 0 aliphatic carbocycles. The van der Waals surface area contributed by atoms with Crippen molar-refractivity contribution >= 4 is 34.4 Å². The molecule has 0 bridgehead atoms. The van der Waals surface area contributed by atoms with E-state index in [1.165, 1.54) is 12.4 Å². The van der Waals surface area contributed by atoms with Crippen LogP contribution in [-0.4, -0.2) is 21.4 Å². The molecule has 2 aromatic carbocycles. The maximum atomic E-state index is 10.0. The van der Waals surface area contributed by atoms with E-state index < -0.39 is 0 Å². The third kappa shape index (κ3) is 2.80. The van der Waals surface area contributed by atoms with Crippen LogP contribution < -0.4 is 0 Å². The lowest BCUT2D eigenvalue weighted by Crippen LogP contribution is -1.86. The molecule has 0 saturated heterocycles. The van der Waals surface area contributed by atoms with Crippen LogP contribution in [0.2, 0.25) is 5.02 Å². The average Bonchev–Trinajstić information content (AvgIpc) is 2.48. The van der Waals surface area contributed by atoms with Crippen molar-refractivity contribution in [1.29, 1.82) is 0 Å². The molecule has 5 heteroatoms. The molecule has 4 nitrogen and oxygen atoms in total. The van der Waals surface area contributed by atoms with Gasteiger partial charge in [0.15, 0.2) is 5.82 Å². The zero-order chi connectivity index (χ0) is 14.8. The second-order valence-corrected chi connectivity index (χ2v) is 4.93. The fraction of sp³-hybridized carbons (Fsp3) is 0. The first-order valence-corrected chi connectivity index (χ1v) is 6.61. The van der Waals surface area contributed by atoms with Gasteiger partial charge in [-0.2, -0.15) is 0 Å². The summed E-state index contributed by atoms with van der Waals surface area (Å²) in [6.45, 7) is 0. The van der Waals surface area contributed by atoms with E-state index in [9.17, 15) is 10.2 Å². The second kappa shape index (κ2) is 5.42. The second-order valence-electron chi connectivity index (χ2n) is 4.50. The van der Waals surface area contributed by atoms with E-state index in [4.69, 9.17) is 11.6 Å². The number of aliphatic imine (C=N–C) groups is 1. The fourth-order valence-electron chi connectivity index (χ4n) is 2.03. The summed E-state index contributed by atoms with van der Waals surface area (Å²) >= 11 is 5.77. The Balaban J connectivity index is 2.09. The lowest BCUT2D eigenvalue weighted by molar-refractivity contribution is 0.474. The molecule has 104 valence electrons. The first-order chi connectivity index (χ1) is 10.1. The van der Waals surface area contributed by atoms with E-state index >= 15 is 0 Å². The minimum atomic E-state index is 0.0887. The van der Waals surface area contributed by atoms with Gasteiger partial charge >= 0.3 is 0 Å². The van der Waals surface area contributed by atoms with Gasteiger partial charge in [0.05, 0.1) is 5.02 Å². The third-order valence-corrected chi connectivity index (χ3v) is 3.29. The Labute approximate surface area is 126 Å². The van der Waals surface area contributed by atoms with Crippen LogP contribution >= 0.6 is 11.6 Å². The molecular formula is C16H11ClN2O2. The topological polar surface area (TPSA) is 65.7 Å². The van der Waals surface area contributed by atoms with Crippen LogP contribution in [0.1, 0.15) is 5.56 Å². The first kappa shape index (κ1) is 13.4. The van der Waals surface area contributed by atoms with Gasteiger partial charge in [-0.05, 0) is 41.1 Å². The molecule has 0 amide bonds. The molecule has 0 aliphatic rings. The standard InChI is InChI=1S/C16H11ClN2O2/c17-11-3-6-16(18-8-11)19-9-14-13-7-12(20)4-1-10(13)2-5-15(14)21/h1-9,20-21H. The molecular weight excluding hydrogens is 288 g/mol. The number of aromatic nitrogens is 1. The highest BCUT2D eigenvalue weighted by Crippen LogP contribution is 2.29. The van der Waals surface area contributed by atoms with Crippen LogP contribution in [0.15, 0.2) is 53.7 Å². The summed E-state index contributed by atoms with van der Waals surface area (Å²) in [5.41, 5.74) is 0.528. The molecule has 0 radical (unpaired) electrons. The largest absolute Gasteiger partial charge is 0.508 e. The van der Waals surface area contributed by atoms with Crippen molar-refractivity contribution in [2.45, 2.75) is 0 Å². The first-order valence-electron chi connectivity index (χ1n) is 6.24. The van der Waals surface area contributed by atoms with Crippen LogP contribution in [0, 0.1) is 0 Å². The molecule has 1 aromatic heterocycles. The zero-order valence-electron chi connectivity index (χ0n) is 10.9. The predicted octanol–water partition coefficient (Wildman–Crippen LogP) is 4.05. The van der Waals surface area contributed by atoms with E-state index in [2.05, 4.69) is 9.98 Å². The molecule has 3 rings (SSSR count). The lowest BCUT2D eigenvalue weighted by Gasteiger charge is -2.05. The molecule has 0 fully saturated rings. The maximum absolute atomic E-state index is 10.0. The van der Waals surface area contributed by atoms with Gasteiger partial charge < -0.3 is 10.2 Å². The normalized spacial score (nSPS) is 11.3. The number of pyridine rings is 1. The van der Waals surface area contributed by atoms with Crippen molar-refractivity contribution in [1.82, 2.24) is 4.98 Å². The smallest absolute Gasteiger partial charge is 0.151 e. The Morgan fingerprint density at radius 2 is 1.86 bits per heavy atom. The zero-order valence-corrected chi connectivity index (χ0v) is 11.6. The molecule has 0 saturated carbocycles. The number of phenolic OH excluding ortho intramolecular Hbond substituents is 2. The van der Waals surface area contributed by atoms with Crippen LogP contribution in [0.5, 0.6) is 11.5 Å². The van der Waals surface area contributed by atoms with Crippen molar-refractivity contribution in [3.63, 3.8) is 0 Å². The van der Waals surface area contributed by atoms with Crippen LogP contribution in [0.3, 0.4) is 0 Å². The highest BCUT2D eigenvalue weighted by atomic mass is 35.5. The molecule has 0 aliphatic heterocycles. The highest BCUT2D eigenvalue weighted by molar-refractivity contribution is 6.30. The highest BCUT2D eigenvalue weighted by Gasteiger charge is 2.06. The van der Waals surface area contributed by atoms with Gasteiger partial charge in [-0.25, -0.2) is 9.98 Å². The Hall–Kier alpha value is -2.59. The van der Waals surface area contributed by atoms with Crippen molar-refractivity contribution in [2.24, 2.45) is 4.99 Å². The number of nitrogens with zero attached hydrogens (tertiary/aromatic N) is 2. The van der Waals surface area contributed by atoms with Crippen molar-refractivity contribution in [3.8, 4) is 11.5 Å². The summed E-state index contributed by atoms with van der Waals surface area (Å²) in [4.78, 5) is 8.28. The van der Waals surface area contributed by atoms with Gasteiger partial charge in [-0.15, -0.1) is 0 Å². The molecule has 2 N–H and O–H groups in total. The summed E-state index contributed by atoms with van der Waals surface area (Å²) in [7, 11) is 0. The Bertz CT molecular complexity index is 824.